The van der Waals surface area contributed by atoms with E-state index in [9.17, 15) is 32.5 Å². The van der Waals surface area contributed by atoms with Crippen LogP contribution in [0.1, 0.15) is 81.3 Å². The highest BCUT2D eigenvalue weighted by Gasteiger charge is 2.45. The van der Waals surface area contributed by atoms with Gasteiger partial charge < -0.3 is 28.1 Å². The smallest absolute Gasteiger partial charge is 0.252 e. The zero-order valence-electron chi connectivity index (χ0n) is 80.7. The second kappa shape index (κ2) is 19.6. The van der Waals surface area contributed by atoms with Crippen molar-refractivity contribution in [3.05, 3.63) is 295 Å². The summed E-state index contributed by atoms with van der Waals surface area (Å²) in [6.07, 6.45) is 0. The largest absolute Gasteiger partial charge is 0.310 e. The molecule has 9 heteroatoms. The summed E-state index contributed by atoms with van der Waals surface area (Å²) in [7, 11) is 0. The van der Waals surface area contributed by atoms with E-state index in [0.29, 0.717) is 11.0 Å². The highest BCUT2D eigenvalue weighted by molar-refractivity contribution is 7.00. The van der Waals surface area contributed by atoms with Crippen molar-refractivity contribution in [2.24, 2.45) is 0 Å². The second-order valence-electron chi connectivity index (χ2n) is 23.5. The van der Waals surface area contributed by atoms with Crippen LogP contribution >= 0.6 is 0 Å². The van der Waals surface area contributed by atoms with Crippen molar-refractivity contribution in [3.63, 3.8) is 0 Å². The van der Waals surface area contributed by atoms with E-state index < -0.39 is 205 Å². The standard InChI is InChI=1S/C84H55BN8/c1-84(2,3)54-44-81-83-82(45-54)93(78-47-56(39-37-53(78)51-87)89-71-30-14-6-22-61(71)62-23-7-15-31-72(62)89)80-49-58(91-75-34-18-10-26-65(75)66-27-11-19-35-76(66)91)41-43-68(80)85(83)67-42-40-57(90-73-32-16-8-24-63(73)64-25-9-17-33-74(64)90)48-79(67)92(81)77-46-55(38-36-52(77)50-86)88-69-28-12-4-20-59(69)60-21-5-13-29-70(60)88/h4-49H,1-3H3/i4D,5D,6D,7D,8D,9D,10D,11D,12D,13D,14D,15D,16D,17D,18D,19D,20D,21D,22D,23D,24D,25D,26D,27D,28D,29D,30D,31D,32D,33D,34D,35D. The molecule has 0 N–H and O–H groups in total. The minimum absolute atomic E-state index is 0.0349. The van der Waals surface area contributed by atoms with E-state index in [1.54, 1.807) is 46.2 Å². The van der Waals surface area contributed by atoms with Gasteiger partial charge in [-0.1, -0.05) is 178 Å². The molecule has 0 spiro atoms. The lowest BCUT2D eigenvalue weighted by molar-refractivity contribution is 0.590. The summed E-state index contributed by atoms with van der Waals surface area (Å²) in [5.74, 6) is 0. The zero-order valence-corrected chi connectivity index (χ0v) is 48.7. The third-order valence-corrected chi connectivity index (χ3v) is 17.8. The summed E-state index contributed by atoms with van der Waals surface area (Å²) in [6, 6.07) is 3.49. The molecule has 2 aliphatic heterocycles. The molecule has 0 amide bonds. The van der Waals surface area contributed by atoms with Gasteiger partial charge in [-0.15, -0.1) is 0 Å². The molecule has 93 heavy (non-hydrogen) atoms. The van der Waals surface area contributed by atoms with Gasteiger partial charge in [0.1, 0.15) is 12.1 Å². The van der Waals surface area contributed by atoms with Gasteiger partial charge in [0.15, 0.2) is 0 Å². The van der Waals surface area contributed by atoms with Gasteiger partial charge in [-0.25, -0.2) is 0 Å². The Hall–Kier alpha value is -12.3. The Bertz CT molecular complexity index is 7420. The topological polar surface area (TPSA) is 73.8 Å². The normalized spacial score (nSPS) is 17.6. The average Bonchev–Trinajstić information content (AvgIpc) is 1.13. The lowest BCUT2D eigenvalue weighted by atomic mass is 9.33. The fourth-order valence-corrected chi connectivity index (χ4v) is 13.8. The van der Waals surface area contributed by atoms with Crippen molar-refractivity contribution in [1.29, 1.82) is 10.5 Å². The minimum Gasteiger partial charge on any atom is -0.310 e. The molecular formula is C84H55BN8. The molecule has 19 rings (SSSR count). The van der Waals surface area contributed by atoms with Crippen molar-refractivity contribution >= 4 is 144 Å². The van der Waals surface area contributed by atoms with E-state index in [1.807, 2.05) is 20.8 Å². The maximum Gasteiger partial charge on any atom is 0.252 e. The number of hydrogen-bond donors (Lipinski definition) is 0. The number of anilines is 6. The molecule has 434 valence electrons. The summed E-state index contributed by atoms with van der Waals surface area (Å²) >= 11 is 0. The predicted molar refractivity (Wildman–Crippen MR) is 386 cm³/mol. The molecule has 4 aromatic heterocycles. The summed E-state index contributed by atoms with van der Waals surface area (Å²) in [5.41, 5.74) is -2.48. The summed E-state index contributed by atoms with van der Waals surface area (Å²) in [4.78, 5) is 3.28. The van der Waals surface area contributed by atoms with Crippen molar-refractivity contribution < 1.29 is 43.9 Å². The van der Waals surface area contributed by atoms with Crippen LogP contribution in [0.2, 0.25) is 0 Å². The maximum atomic E-state index is 12.0. The van der Waals surface area contributed by atoms with Crippen LogP contribution in [0.15, 0.2) is 278 Å². The van der Waals surface area contributed by atoms with E-state index in [1.165, 1.54) is 66.8 Å². The first-order valence-corrected chi connectivity index (χ1v) is 29.2. The molecule has 8 nitrogen and oxygen atoms in total. The lowest BCUT2D eigenvalue weighted by Crippen LogP contribution is -2.61. The molecule has 13 aromatic carbocycles. The summed E-state index contributed by atoms with van der Waals surface area (Å²) in [6.45, 7) is 4.35. The molecule has 6 heterocycles. The Morgan fingerprint density at radius 2 is 0.559 bits per heavy atom. The van der Waals surface area contributed by atoms with Crippen LogP contribution in [0.4, 0.5) is 34.1 Å². The van der Waals surface area contributed by atoms with Crippen molar-refractivity contribution in [1.82, 2.24) is 18.3 Å². The number of para-hydroxylation sites is 8. The highest BCUT2D eigenvalue weighted by Crippen LogP contribution is 2.50. The number of rotatable bonds is 6. The van der Waals surface area contributed by atoms with E-state index in [-0.39, 0.29) is 166 Å². The van der Waals surface area contributed by atoms with Gasteiger partial charge in [-0.3, -0.25) is 0 Å². The first-order chi connectivity index (χ1) is 59.0. The van der Waals surface area contributed by atoms with Gasteiger partial charge in [0.2, 0.25) is 0 Å². The molecule has 0 unspecified atom stereocenters. The maximum absolute atomic E-state index is 12.0. The van der Waals surface area contributed by atoms with E-state index in [2.05, 4.69) is 12.1 Å². The monoisotopic (exact) mass is 1220 g/mol. The molecule has 0 atom stereocenters. The van der Waals surface area contributed by atoms with Crippen LogP contribution < -0.4 is 26.2 Å². The first-order valence-electron chi connectivity index (χ1n) is 45.2. The molecule has 0 saturated carbocycles. The molecule has 0 bridgehead atoms. The lowest BCUT2D eigenvalue weighted by Gasteiger charge is -2.45. The first kappa shape index (κ1) is 30.0. The molecule has 0 saturated heterocycles. The quantitative estimate of drug-likeness (QED) is 0.156. The Balaban J connectivity index is 1.01. The fourth-order valence-electron chi connectivity index (χ4n) is 13.8. The van der Waals surface area contributed by atoms with Crippen molar-refractivity contribution in [2.45, 2.75) is 26.2 Å². The number of fused-ring (bicyclic) bond motifs is 16. The van der Waals surface area contributed by atoms with Crippen LogP contribution in [-0.2, 0) is 5.41 Å². The number of aromatic nitrogens is 4. The van der Waals surface area contributed by atoms with Gasteiger partial charge >= 0.3 is 0 Å². The van der Waals surface area contributed by atoms with Crippen LogP contribution in [0.5, 0.6) is 0 Å². The zero-order chi connectivity index (χ0) is 89.8. The van der Waals surface area contributed by atoms with Crippen molar-refractivity contribution in [3.8, 4) is 34.9 Å². The van der Waals surface area contributed by atoms with Crippen molar-refractivity contribution in [2.75, 3.05) is 9.80 Å². The van der Waals surface area contributed by atoms with Crippen LogP contribution in [-0.4, -0.2) is 25.0 Å². The number of nitrogens with zero attached hydrogens (tertiary/aromatic N) is 8. The molecular weight excluding hydrogens is 1130 g/mol. The second-order valence-corrected chi connectivity index (χ2v) is 23.5. The summed E-state index contributed by atoms with van der Waals surface area (Å²) in [5, 5.41) is 21.6. The predicted octanol–water partition coefficient (Wildman–Crippen LogP) is 19.2. The Kier molecular flexibility index (Phi) is 6.33. The van der Waals surface area contributed by atoms with Gasteiger partial charge in [-0.2, -0.15) is 10.5 Å². The number of benzene rings is 13. The Morgan fingerprint density at radius 3 is 0.817 bits per heavy atom. The van der Waals surface area contributed by atoms with E-state index >= 15 is 0 Å². The van der Waals surface area contributed by atoms with Gasteiger partial charge in [-0.05, 0) is 149 Å². The van der Waals surface area contributed by atoms with Crippen LogP contribution in [0, 0.1) is 22.7 Å². The van der Waals surface area contributed by atoms with Crippen LogP contribution in [0.3, 0.4) is 0 Å². The third-order valence-electron chi connectivity index (χ3n) is 17.8. The fraction of sp³-hybridized carbons (Fsp3) is 0.0476. The average molecular weight is 1220 g/mol. The number of hydrogen-bond acceptors (Lipinski definition) is 4. The Morgan fingerprint density at radius 1 is 0.312 bits per heavy atom. The molecule has 17 aromatic rings. The molecule has 0 aliphatic carbocycles. The summed E-state index contributed by atoms with van der Waals surface area (Å²) < 4.78 is 302. The third kappa shape index (κ3) is 7.48. The van der Waals surface area contributed by atoms with E-state index in [0.717, 1.165) is 0 Å². The SMILES string of the molecule is [2H]c1c([2H])c([2H])c2c(c1[2H])c1c([2H])c([2H])c([2H])c([2H])c1n2-c1ccc(C#N)c(N2c3cc(-n4c5c([2H])c([2H])c([2H])c([2H])c5c5c([2H])c([2H])c([2H])c([2H])c54)ccc3B3c4ccc(-n5c6c([2H])c([2H])c([2H])c([2H])c6c6c([2H])c([2H])c([2H])c([2H])c65)cc4N(c4cc(-n5c6c([2H])c([2H])c([2H])c([2H])c6c6c([2H])c([2H])c([2H])c([2H])c65)ccc4C#N)c4cc(C(C)(C)C)cc2c43)c1. The van der Waals surface area contributed by atoms with Gasteiger partial charge in [0.25, 0.3) is 6.71 Å². The molecule has 0 radical (unpaired) electrons. The Labute approximate surface area is 581 Å². The van der Waals surface area contributed by atoms with Crippen LogP contribution in [0.25, 0.3) is 110 Å². The van der Waals surface area contributed by atoms with Gasteiger partial charge in [0, 0.05) is 88.6 Å². The molecule has 2 aliphatic rings. The highest BCUT2D eigenvalue weighted by atomic mass is 15.2. The number of nitriles is 2. The minimum atomic E-state index is -1.22. The van der Waals surface area contributed by atoms with E-state index in [4.69, 9.17) is 21.9 Å². The molecule has 0 fully saturated rings. The van der Waals surface area contributed by atoms with Gasteiger partial charge in [0.05, 0.1) is 110 Å².